The molecule has 112 valence electrons. The summed E-state index contributed by atoms with van der Waals surface area (Å²) < 4.78 is 0. The highest BCUT2D eigenvalue weighted by Gasteiger charge is 1.95. The smallest absolute Gasteiger partial charge is 0.154 e. The molecule has 0 saturated carbocycles. The van der Waals surface area contributed by atoms with Gasteiger partial charge in [-0.15, -0.1) is 6.58 Å². The first-order valence-corrected chi connectivity index (χ1v) is 8.83. The predicted octanol–water partition coefficient (Wildman–Crippen LogP) is 5.14. The van der Waals surface area contributed by atoms with Gasteiger partial charge in [-0.1, -0.05) is 82.5 Å². The van der Waals surface area contributed by atoms with Crippen molar-refractivity contribution < 1.29 is 0 Å². The zero-order valence-corrected chi connectivity index (χ0v) is 13.5. The lowest BCUT2D eigenvalue weighted by Crippen LogP contribution is -2.07. The van der Waals surface area contributed by atoms with E-state index in [4.69, 9.17) is 5.73 Å². The van der Waals surface area contributed by atoms with Crippen molar-refractivity contribution in [3.05, 3.63) is 12.7 Å². The molecule has 0 aliphatic heterocycles. The van der Waals surface area contributed by atoms with Gasteiger partial charge in [-0.05, 0) is 6.42 Å². The number of nitrogens with zero attached hydrogens (tertiary/aromatic N) is 1. The highest BCUT2D eigenvalue weighted by molar-refractivity contribution is 8.13. The number of nitrogens with two attached hydrogens (primary N) is 1. The number of amidine groups is 1. The molecule has 0 aromatic heterocycles. The second-order valence-corrected chi connectivity index (χ2v) is 6.11. The third kappa shape index (κ3) is 15.5. The highest BCUT2D eigenvalue weighted by Crippen LogP contribution is 2.12. The standard InChI is InChI=1S/C16H32N2S/c1-3-5-6-7-8-9-10-11-12-13-15-19-16(17)18-14-4-2/h4H,2-3,5-15H2,1H3,(H2,17,18). The molecule has 0 saturated heterocycles. The summed E-state index contributed by atoms with van der Waals surface area (Å²) in [5, 5.41) is 0.704. The molecule has 3 heteroatoms. The van der Waals surface area contributed by atoms with Crippen LogP contribution in [0.2, 0.25) is 0 Å². The van der Waals surface area contributed by atoms with E-state index in [1.54, 1.807) is 17.8 Å². The molecule has 0 rings (SSSR count). The van der Waals surface area contributed by atoms with Crippen molar-refractivity contribution in [1.82, 2.24) is 0 Å². The van der Waals surface area contributed by atoms with Crippen LogP contribution in [0, 0.1) is 0 Å². The van der Waals surface area contributed by atoms with E-state index >= 15 is 0 Å². The molecule has 0 aliphatic rings. The monoisotopic (exact) mass is 284 g/mol. The zero-order chi connectivity index (χ0) is 14.2. The van der Waals surface area contributed by atoms with Crippen molar-refractivity contribution >= 4 is 16.9 Å². The lowest BCUT2D eigenvalue weighted by atomic mass is 10.1. The summed E-state index contributed by atoms with van der Waals surface area (Å²) in [4.78, 5) is 4.16. The van der Waals surface area contributed by atoms with Crippen molar-refractivity contribution in [1.29, 1.82) is 0 Å². The Morgan fingerprint density at radius 2 is 1.53 bits per heavy atom. The van der Waals surface area contributed by atoms with Crippen LogP contribution in [-0.4, -0.2) is 17.5 Å². The molecule has 0 atom stereocenters. The number of hydrogen-bond acceptors (Lipinski definition) is 2. The molecule has 19 heavy (non-hydrogen) atoms. The van der Waals surface area contributed by atoms with Crippen LogP contribution in [-0.2, 0) is 0 Å². The molecule has 0 heterocycles. The van der Waals surface area contributed by atoms with E-state index in [1.807, 2.05) is 0 Å². The van der Waals surface area contributed by atoms with Crippen molar-refractivity contribution in [2.24, 2.45) is 10.7 Å². The normalized spacial score (nSPS) is 11.7. The Kier molecular flexibility index (Phi) is 15.3. The predicted molar refractivity (Wildman–Crippen MR) is 91.0 cm³/mol. The molecule has 0 aliphatic carbocycles. The van der Waals surface area contributed by atoms with Gasteiger partial charge in [0.15, 0.2) is 5.17 Å². The number of aliphatic imine (C=N–C) groups is 1. The fourth-order valence-corrected chi connectivity index (χ4v) is 2.69. The van der Waals surface area contributed by atoms with Crippen LogP contribution in [0.15, 0.2) is 17.6 Å². The molecule has 0 aromatic rings. The molecule has 0 spiro atoms. The highest BCUT2D eigenvalue weighted by atomic mass is 32.2. The lowest BCUT2D eigenvalue weighted by Gasteiger charge is -2.02. The van der Waals surface area contributed by atoms with Crippen LogP contribution in [0.1, 0.15) is 71.1 Å². The van der Waals surface area contributed by atoms with Gasteiger partial charge in [0, 0.05) is 5.75 Å². The Morgan fingerprint density at radius 1 is 1.00 bits per heavy atom. The van der Waals surface area contributed by atoms with Crippen molar-refractivity contribution in [3.63, 3.8) is 0 Å². The minimum atomic E-state index is 0.636. The summed E-state index contributed by atoms with van der Waals surface area (Å²) in [7, 11) is 0. The van der Waals surface area contributed by atoms with E-state index in [-0.39, 0.29) is 0 Å². The van der Waals surface area contributed by atoms with Gasteiger partial charge in [0.05, 0.1) is 6.54 Å². The van der Waals surface area contributed by atoms with Gasteiger partial charge in [-0.2, -0.15) is 0 Å². The largest absolute Gasteiger partial charge is 0.379 e. The van der Waals surface area contributed by atoms with E-state index in [9.17, 15) is 0 Å². The van der Waals surface area contributed by atoms with Crippen LogP contribution in [0.4, 0.5) is 0 Å². The molecule has 0 unspecified atom stereocenters. The Morgan fingerprint density at radius 3 is 2.05 bits per heavy atom. The van der Waals surface area contributed by atoms with E-state index in [1.165, 1.54) is 64.2 Å². The van der Waals surface area contributed by atoms with Gasteiger partial charge >= 0.3 is 0 Å². The van der Waals surface area contributed by atoms with Crippen LogP contribution in [0.3, 0.4) is 0 Å². The Bertz CT molecular complexity index is 227. The molecular formula is C16H32N2S. The lowest BCUT2D eigenvalue weighted by molar-refractivity contribution is 0.563. The summed E-state index contributed by atoms with van der Waals surface area (Å²) in [6, 6.07) is 0. The fourth-order valence-electron chi connectivity index (χ4n) is 1.97. The molecule has 0 radical (unpaired) electrons. The minimum Gasteiger partial charge on any atom is -0.379 e. The quantitative estimate of drug-likeness (QED) is 0.220. The van der Waals surface area contributed by atoms with Crippen LogP contribution >= 0.6 is 11.8 Å². The van der Waals surface area contributed by atoms with Crippen molar-refractivity contribution in [2.75, 3.05) is 12.3 Å². The summed E-state index contributed by atoms with van der Waals surface area (Å²) in [6.07, 6.45) is 15.6. The summed E-state index contributed by atoms with van der Waals surface area (Å²) in [5.41, 5.74) is 5.75. The van der Waals surface area contributed by atoms with Crippen molar-refractivity contribution in [2.45, 2.75) is 71.1 Å². The van der Waals surface area contributed by atoms with E-state index in [0.29, 0.717) is 11.7 Å². The molecular weight excluding hydrogens is 252 g/mol. The van der Waals surface area contributed by atoms with Crippen LogP contribution in [0.5, 0.6) is 0 Å². The first-order chi connectivity index (χ1) is 9.31. The maximum atomic E-state index is 5.75. The average molecular weight is 285 g/mol. The van der Waals surface area contributed by atoms with E-state index < -0.39 is 0 Å². The topological polar surface area (TPSA) is 38.4 Å². The van der Waals surface area contributed by atoms with Gasteiger partial charge in [0.2, 0.25) is 0 Å². The SMILES string of the molecule is C=CCN=C(N)SCCCCCCCCCCCC. The van der Waals surface area contributed by atoms with Gasteiger partial charge in [-0.25, -0.2) is 0 Å². The molecule has 2 nitrogen and oxygen atoms in total. The van der Waals surface area contributed by atoms with Gasteiger partial charge < -0.3 is 5.73 Å². The number of thioether (sulfide) groups is 1. The second kappa shape index (κ2) is 15.6. The van der Waals surface area contributed by atoms with Crippen molar-refractivity contribution in [3.8, 4) is 0 Å². The first kappa shape index (κ1) is 18.6. The van der Waals surface area contributed by atoms with Gasteiger partial charge in [0.25, 0.3) is 0 Å². The third-order valence-electron chi connectivity index (χ3n) is 3.12. The summed E-state index contributed by atoms with van der Waals surface area (Å²) in [5.74, 6) is 1.10. The summed E-state index contributed by atoms with van der Waals surface area (Å²) >= 11 is 1.67. The Hall–Kier alpha value is -0.440. The van der Waals surface area contributed by atoms with E-state index in [2.05, 4.69) is 18.5 Å². The van der Waals surface area contributed by atoms with E-state index in [0.717, 1.165) is 5.75 Å². The number of rotatable bonds is 13. The number of hydrogen-bond donors (Lipinski definition) is 1. The van der Waals surface area contributed by atoms with Gasteiger partial charge in [0.1, 0.15) is 0 Å². The molecule has 0 amide bonds. The molecule has 0 bridgehead atoms. The fraction of sp³-hybridized carbons (Fsp3) is 0.812. The molecule has 0 fully saturated rings. The first-order valence-electron chi connectivity index (χ1n) is 7.84. The third-order valence-corrected chi connectivity index (χ3v) is 4.04. The molecule has 0 aromatic carbocycles. The Balaban J connectivity index is 3.12. The minimum absolute atomic E-state index is 0.636. The van der Waals surface area contributed by atoms with Gasteiger partial charge in [-0.3, -0.25) is 4.99 Å². The maximum Gasteiger partial charge on any atom is 0.154 e. The Labute approximate surface area is 124 Å². The average Bonchev–Trinajstić information content (AvgIpc) is 2.42. The van der Waals surface area contributed by atoms with Crippen LogP contribution in [0.25, 0.3) is 0 Å². The number of unbranched alkanes of at least 4 members (excludes halogenated alkanes) is 9. The second-order valence-electron chi connectivity index (χ2n) is 5.00. The summed E-state index contributed by atoms with van der Waals surface area (Å²) in [6.45, 7) is 6.53. The zero-order valence-electron chi connectivity index (χ0n) is 12.7. The molecule has 2 N–H and O–H groups in total. The maximum absolute atomic E-state index is 5.75. The van der Waals surface area contributed by atoms with Crippen LogP contribution < -0.4 is 5.73 Å².